The topological polar surface area (TPSA) is 9.23 Å². The van der Waals surface area contributed by atoms with E-state index in [0.29, 0.717) is 5.92 Å². The molecule has 0 saturated carbocycles. The average Bonchev–Trinajstić information content (AvgIpc) is 1.98. The zero-order valence-electron chi connectivity index (χ0n) is 8.69. The Balaban J connectivity index is 3.47. The highest BCUT2D eigenvalue weighted by Gasteiger charge is 2.22. The number of halogens is 1. The molecular formula is C10H21IO. The maximum absolute atomic E-state index is 5.79. The highest BCUT2D eigenvalue weighted by molar-refractivity contribution is 14.1. The molecule has 0 aliphatic rings. The molecule has 0 aromatic carbocycles. The first kappa shape index (κ1) is 12.7. The van der Waals surface area contributed by atoms with Gasteiger partial charge < -0.3 is 4.74 Å². The van der Waals surface area contributed by atoms with Crippen LogP contribution in [0.2, 0.25) is 0 Å². The Morgan fingerprint density at radius 1 is 1.25 bits per heavy atom. The van der Waals surface area contributed by atoms with E-state index in [4.69, 9.17) is 4.74 Å². The normalized spacial score (nSPS) is 12.5. The van der Waals surface area contributed by atoms with Gasteiger partial charge >= 0.3 is 0 Å². The number of rotatable bonds is 6. The third-order valence-electron chi connectivity index (χ3n) is 2.39. The van der Waals surface area contributed by atoms with Crippen LogP contribution in [0.4, 0.5) is 0 Å². The van der Waals surface area contributed by atoms with Crippen LogP contribution in [0.1, 0.15) is 40.5 Å². The van der Waals surface area contributed by atoms with Crippen LogP contribution in [-0.2, 0) is 4.74 Å². The van der Waals surface area contributed by atoms with Gasteiger partial charge in [-0.2, -0.15) is 0 Å². The zero-order valence-corrected chi connectivity index (χ0v) is 10.8. The molecule has 0 aliphatic heterocycles. The molecule has 0 fully saturated rings. The van der Waals surface area contributed by atoms with Gasteiger partial charge in [0.25, 0.3) is 0 Å². The predicted octanol–water partition coefficient (Wildman–Crippen LogP) is 3.65. The van der Waals surface area contributed by atoms with Crippen LogP contribution in [0.15, 0.2) is 0 Å². The number of ether oxygens (including phenoxy) is 1. The highest BCUT2D eigenvalue weighted by atomic mass is 127. The largest absolute Gasteiger partial charge is 0.375 e. The molecule has 0 unspecified atom stereocenters. The monoisotopic (exact) mass is 284 g/mol. The Labute approximate surface area is 90.4 Å². The first-order chi connectivity index (χ1) is 5.50. The number of hydrogen-bond acceptors (Lipinski definition) is 1. The molecule has 74 valence electrons. The van der Waals surface area contributed by atoms with E-state index in [1.54, 1.807) is 0 Å². The lowest BCUT2D eigenvalue weighted by molar-refractivity contribution is -0.0510. The number of unbranched alkanes of at least 4 members (excludes halogenated alkanes) is 1. The van der Waals surface area contributed by atoms with Gasteiger partial charge in [0.05, 0.1) is 5.60 Å². The van der Waals surface area contributed by atoms with Crippen molar-refractivity contribution in [3.05, 3.63) is 0 Å². The molecule has 0 amide bonds. The fourth-order valence-electron chi connectivity index (χ4n) is 0.698. The van der Waals surface area contributed by atoms with Gasteiger partial charge in [-0.25, -0.2) is 0 Å². The summed E-state index contributed by atoms with van der Waals surface area (Å²) in [6.07, 6.45) is 2.47. The minimum absolute atomic E-state index is 0.0469. The quantitative estimate of drug-likeness (QED) is 0.411. The fraction of sp³-hybridized carbons (Fsp3) is 1.00. The molecule has 0 radical (unpaired) electrons. The molecule has 0 N–H and O–H groups in total. The first-order valence-electron chi connectivity index (χ1n) is 4.70. The van der Waals surface area contributed by atoms with Crippen molar-refractivity contribution < 1.29 is 4.74 Å². The summed E-state index contributed by atoms with van der Waals surface area (Å²) in [5.74, 6) is 0.595. The van der Waals surface area contributed by atoms with Gasteiger partial charge in [0.2, 0.25) is 0 Å². The van der Waals surface area contributed by atoms with Crippen LogP contribution in [0.3, 0.4) is 0 Å². The molecule has 0 aromatic heterocycles. The van der Waals surface area contributed by atoms with Gasteiger partial charge in [0.1, 0.15) is 0 Å². The van der Waals surface area contributed by atoms with Crippen molar-refractivity contribution in [2.45, 2.75) is 46.1 Å². The van der Waals surface area contributed by atoms with Crippen molar-refractivity contribution in [3.63, 3.8) is 0 Å². The van der Waals surface area contributed by atoms with Crippen LogP contribution in [0.25, 0.3) is 0 Å². The van der Waals surface area contributed by atoms with Crippen molar-refractivity contribution in [1.29, 1.82) is 0 Å². The summed E-state index contributed by atoms with van der Waals surface area (Å²) in [5.41, 5.74) is 0.0469. The molecule has 0 heterocycles. The third-order valence-corrected chi connectivity index (χ3v) is 3.16. The molecular weight excluding hydrogens is 263 g/mol. The fourth-order valence-corrected chi connectivity index (χ4v) is 1.24. The van der Waals surface area contributed by atoms with Crippen molar-refractivity contribution in [2.24, 2.45) is 5.92 Å². The van der Waals surface area contributed by atoms with Crippen LogP contribution < -0.4 is 0 Å². The standard InChI is InChI=1S/C10H21IO/c1-9(2)10(3,4)12-8-6-5-7-11/h9H,5-8H2,1-4H3. The second-order valence-corrected chi connectivity index (χ2v) is 5.08. The van der Waals surface area contributed by atoms with E-state index < -0.39 is 0 Å². The van der Waals surface area contributed by atoms with E-state index >= 15 is 0 Å². The van der Waals surface area contributed by atoms with E-state index in [0.717, 1.165) is 6.61 Å². The van der Waals surface area contributed by atoms with Gasteiger partial charge in [-0.05, 0) is 37.0 Å². The SMILES string of the molecule is CC(C)C(C)(C)OCCCCI. The molecule has 0 atom stereocenters. The van der Waals surface area contributed by atoms with Gasteiger partial charge in [-0.15, -0.1) is 0 Å². The number of hydrogen-bond donors (Lipinski definition) is 0. The Morgan fingerprint density at radius 3 is 2.25 bits per heavy atom. The van der Waals surface area contributed by atoms with Crippen LogP contribution in [0.5, 0.6) is 0 Å². The summed E-state index contributed by atoms with van der Waals surface area (Å²) in [7, 11) is 0. The molecule has 12 heavy (non-hydrogen) atoms. The molecule has 0 spiro atoms. The Hall–Kier alpha value is 0.690. The number of alkyl halides is 1. The maximum Gasteiger partial charge on any atom is 0.0649 e. The Morgan fingerprint density at radius 2 is 1.83 bits per heavy atom. The minimum Gasteiger partial charge on any atom is -0.375 e. The summed E-state index contributed by atoms with van der Waals surface area (Å²) in [4.78, 5) is 0. The Kier molecular flexibility index (Phi) is 6.55. The smallest absolute Gasteiger partial charge is 0.0649 e. The van der Waals surface area contributed by atoms with Gasteiger partial charge in [-0.1, -0.05) is 36.4 Å². The highest BCUT2D eigenvalue weighted by Crippen LogP contribution is 2.20. The van der Waals surface area contributed by atoms with Gasteiger partial charge in [0.15, 0.2) is 0 Å². The van der Waals surface area contributed by atoms with E-state index in [-0.39, 0.29) is 5.60 Å². The lowest BCUT2D eigenvalue weighted by Crippen LogP contribution is -2.31. The molecule has 0 aromatic rings. The van der Waals surface area contributed by atoms with Crippen LogP contribution in [0, 0.1) is 5.92 Å². The molecule has 1 nitrogen and oxygen atoms in total. The molecule has 0 aliphatic carbocycles. The lowest BCUT2D eigenvalue weighted by atomic mass is 9.95. The summed E-state index contributed by atoms with van der Waals surface area (Å²) in [5, 5.41) is 0. The second-order valence-electron chi connectivity index (χ2n) is 4.00. The Bertz CT molecular complexity index is 110. The molecule has 2 heteroatoms. The van der Waals surface area contributed by atoms with E-state index in [1.807, 2.05) is 0 Å². The predicted molar refractivity (Wildman–Crippen MR) is 63.0 cm³/mol. The van der Waals surface area contributed by atoms with Crippen LogP contribution >= 0.6 is 22.6 Å². The zero-order chi connectivity index (χ0) is 9.61. The minimum atomic E-state index is 0.0469. The summed E-state index contributed by atoms with van der Waals surface area (Å²) >= 11 is 2.41. The van der Waals surface area contributed by atoms with Gasteiger partial charge in [-0.3, -0.25) is 0 Å². The lowest BCUT2D eigenvalue weighted by Gasteiger charge is -2.29. The summed E-state index contributed by atoms with van der Waals surface area (Å²) < 4.78 is 7.03. The molecule has 0 rings (SSSR count). The van der Waals surface area contributed by atoms with E-state index in [2.05, 4.69) is 50.3 Å². The first-order valence-corrected chi connectivity index (χ1v) is 6.23. The molecule has 0 saturated heterocycles. The van der Waals surface area contributed by atoms with E-state index in [1.165, 1.54) is 17.3 Å². The van der Waals surface area contributed by atoms with Crippen molar-refractivity contribution in [3.8, 4) is 0 Å². The van der Waals surface area contributed by atoms with Crippen molar-refractivity contribution in [1.82, 2.24) is 0 Å². The van der Waals surface area contributed by atoms with Gasteiger partial charge in [0, 0.05) is 6.61 Å². The average molecular weight is 284 g/mol. The summed E-state index contributed by atoms with van der Waals surface area (Å²) in [6.45, 7) is 9.66. The van der Waals surface area contributed by atoms with Crippen molar-refractivity contribution in [2.75, 3.05) is 11.0 Å². The molecule has 0 bridgehead atoms. The maximum atomic E-state index is 5.79. The third kappa shape index (κ3) is 5.36. The van der Waals surface area contributed by atoms with Crippen molar-refractivity contribution >= 4 is 22.6 Å². The van der Waals surface area contributed by atoms with E-state index in [9.17, 15) is 0 Å². The summed E-state index contributed by atoms with van der Waals surface area (Å²) in [6, 6.07) is 0. The van der Waals surface area contributed by atoms with Crippen LogP contribution in [-0.4, -0.2) is 16.6 Å². The second kappa shape index (κ2) is 6.19.